The molecule has 2 N–H and O–H groups in total. The molecule has 0 fully saturated rings. The van der Waals surface area contributed by atoms with Gasteiger partial charge in [-0.1, -0.05) is 72.1 Å². The molecule has 5 rings (SSSR count). The predicted molar refractivity (Wildman–Crippen MR) is 170 cm³/mol. The Morgan fingerprint density at radius 2 is 1.73 bits per heavy atom. The summed E-state index contributed by atoms with van der Waals surface area (Å²) in [5, 5.41) is 20.9. The number of carbonyl (C=O) groups excluding carboxylic acids is 1. The van der Waals surface area contributed by atoms with Crippen LogP contribution in [0, 0.1) is 0 Å². The zero-order chi connectivity index (χ0) is 31.8. The number of phenolic OH excluding ortho intramolecular Hbond substituents is 2. The Kier molecular flexibility index (Phi) is 11.0. The summed E-state index contributed by atoms with van der Waals surface area (Å²) in [6.07, 6.45) is 5.48. The Balaban J connectivity index is 0.000000201. The maximum Gasteiger partial charge on any atom is 0.329 e. The first-order chi connectivity index (χ1) is 21.1. The first kappa shape index (κ1) is 32.5. The molecular formula is C31H28Cl3N3O7. The molecule has 0 saturated carbocycles. The van der Waals surface area contributed by atoms with E-state index in [1.807, 2.05) is 25.1 Å². The van der Waals surface area contributed by atoms with Crippen LogP contribution in [-0.2, 0) is 0 Å². The molecule has 3 aromatic carbocycles. The van der Waals surface area contributed by atoms with Gasteiger partial charge in [-0.25, -0.2) is 9.78 Å². The van der Waals surface area contributed by atoms with E-state index in [2.05, 4.69) is 4.98 Å². The number of phenols is 2. The molecule has 0 aliphatic rings. The number of fused-ring (bicyclic) bond motifs is 1. The van der Waals surface area contributed by atoms with Gasteiger partial charge in [0.2, 0.25) is 5.75 Å². The number of aromatic hydroxyl groups is 2. The van der Waals surface area contributed by atoms with Crippen molar-refractivity contribution in [3.63, 3.8) is 0 Å². The summed E-state index contributed by atoms with van der Waals surface area (Å²) in [7, 11) is 1.29. The lowest BCUT2D eigenvalue weighted by Crippen LogP contribution is -2.37. The summed E-state index contributed by atoms with van der Waals surface area (Å²) in [6, 6.07) is 14.6. The van der Waals surface area contributed by atoms with Gasteiger partial charge in [0.25, 0.3) is 0 Å². The van der Waals surface area contributed by atoms with Gasteiger partial charge in [-0.15, -0.1) is 0 Å². The predicted octanol–water partition coefficient (Wildman–Crippen LogP) is 7.48. The molecule has 0 aliphatic heterocycles. The highest BCUT2D eigenvalue weighted by atomic mass is 35.5. The highest BCUT2D eigenvalue weighted by Crippen LogP contribution is 2.41. The molecule has 0 unspecified atom stereocenters. The van der Waals surface area contributed by atoms with Crippen molar-refractivity contribution in [3.8, 4) is 34.3 Å². The molecule has 10 nitrogen and oxygen atoms in total. The van der Waals surface area contributed by atoms with E-state index in [0.717, 1.165) is 12.0 Å². The number of carbonyl (C=O) groups is 1. The lowest BCUT2D eigenvalue weighted by molar-refractivity contribution is 0.184. The number of hydrogen-bond acceptors (Lipinski definition) is 8. The van der Waals surface area contributed by atoms with Crippen LogP contribution >= 0.6 is 34.8 Å². The maximum atomic E-state index is 12.3. The fourth-order valence-corrected chi connectivity index (χ4v) is 5.18. The second kappa shape index (κ2) is 14.9. The SMILES string of the molecule is CCCN(CCOc1c(Cl)cc(Cl)cc1Cl)C(=O)n1ccnc1.COc1c(O)cc2oc(-c3ccccc3)cc(=O)c2c1O. The lowest BCUT2D eigenvalue weighted by atomic mass is 10.1. The van der Waals surface area contributed by atoms with E-state index in [4.69, 9.17) is 48.7 Å². The van der Waals surface area contributed by atoms with Gasteiger partial charge in [0.1, 0.15) is 29.7 Å². The van der Waals surface area contributed by atoms with Crippen molar-refractivity contribution >= 4 is 51.8 Å². The Labute approximate surface area is 267 Å². The summed E-state index contributed by atoms with van der Waals surface area (Å²) < 4.78 is 17.5. The highest BCUT2D eigenvalue weighted by Gasteiger charge is 2.19. The molecule has 44 heavy (non-hydrogen) atoms. The van der Waals surface area contributed by atoms with Crippen molar-refractivity contribution in [3.05, 3.63) is 98.6 Å². The van der Waals surface area contributed by atoms with Gasteiger partial charge < -0.3 is 29.0 Å². The highest BCUT2D eigenvalue weighted by molar-refractivity contribution is 6.40. The van der Waals surface area contributed by atoms with Crippen LogP contribution in [0.2, 0.25) is 15.1 Å². The van der Waals surface area contributed by atoms with Crippen molar-refractivity contribution in [1.82, 2.24) is 14.5 Å². The normalized spacial score (nSPS) is 10.7. The van der Waals surface area contributed by atoms with Gasteiger partial charge >= 0.3 is 6.03 Å². The number of benzene rings is 3. The summed E-state index contributed by atoms with van der Waals surface area (Å²) in [4.78, 5) is 30.1. The zero-order valence-electron chi connectivity index (χ0n) is 23.7. The summed E-state index contributed by atoms with van der Waals surface area (Å²) in [5.74, 6) is -0.152. The van der Waals surface area contributed by atoms with Crippen molar-refractivity contribution in [2.45, 2.75) is 13.3 Å². The van der Waals surface area contributed by atoms with Gasteiger partial charge in [0.15, 0.2) is 22.7 Å². The molecule has 0 aliphatic carbocycles. The van der Waals surface area contributed by atoms with E-state index in [1.54, 1.807) is 41.6 Å². The molecule has 0 radical (unpaired) electrons. The van der Waals surface area contributed by atoms with E-state index in [1.165, 1.54) is 30.1 Å². The van der Waals surface area contributed by atoms with Gasteiger partial charge in [-0.2, -0.15) is 0 Å². The van der Waals surface area contributed by atoms with Crippen LogP contribution in [-0.4, -0.2) is 57.5 Å². The van der Waals surface area contributed by atoms with Gasteiger partial charge in [0, 0.05) is 41.7 Å². The molecule has 0 saturated heterocycles. The van der Waals surface area contributed by atoms with Gasteiger partial charge in [-0.05, 0) is 18.6 Å². The van der Waals surface area contributed by atoms with Crippen LogP contribution in [0.25, 0.3) is 22.3 Å². The fraction of sp³-hybridized carbons (Fsp3) is 0.194. The molecule has 0 atom stereocenters. The Bertz CT molecular complexity index is 1770. The van der Waals surface area contributed by atoms with Gasteiger partial charge in [-0.3, -0.25) is 9.36 Å². The molecule has 1 amide bonds. The fourth-order valence-electron chi connectivity index (χ4n) is 4.25. The minimum absolute atomic E-state index is 0.0238. The van der Waals surface area contributed by atoms with E-state index in [-0.39, 0.29) is 35.1 Å². The second-order valence-corrected chi connectivity index (χ2v) is 10.5. The van der Waals surface area contributed by atoms with Crippen LogP contribution in [0.4, 0.5) is 4.79 Å². The standard InChI is InChI=1S/C16H12O5.C15H16Cl3N3O2/c1-20-16-11(18)8-13-14(15(16)19)10(17)7-12(21-13)9-5-3-2-4-6-9;1-2-4-20(15(22)21-5-3-19-10-21)6-7-23-14-12(17)8-11(16)9-13(14)18/h2-8,18-19H,1H3;3,5,8-10H,2,4,6-7H2,1H3. The van der Waals surface area contributed by atoms with Crippen molar-refractivity contribution in [1.29, 1.82) is 0 Å². The molecular weight excluding hydrogens is 633 g/mol. The smallest absolute Gasteiger partial charge is 0.329 e. The number of imidazole rings is 1. The number of methoxy groups -OCH3 is 1. The average Bonchev–Trinajstić information content (AvgIpc) is 3.53. The van der Waals surface area contributed by atoms with Crippen molar-refractivity contribution in [2.75, 3.05) is 26.8 Å². The van der Waals surface area contributed by atoms with Crippen molar-refractivity contribution < 1.29 is 28.9 Å². The summed E-state index contributed by atoms with van der Waals surface area (Å²) in [5.41, 5.74) is 0.411. The summed E-state index contributed by atoms with van der Waals surface area (Å²) >= 11 is 18.0. The number of rotatable bonds is 8. The van der Waals surface area contributed by atoms with Crippen LogP contribution in [0.5, 0.6) is 23.0 Å². The number of ether oxygens (including phenoxy) is 2. The minimum Gasteiger partial charge on any atom is -0.504 e. The maximum absolute atomic E-state index is 12.3. The van der Waals surface area contributed by atoms with Crippen LogP contribution in [0.3, 0.4) is 0 Å². The van der Waals surface area contributed by atoms with Gasteiger partial charge in [0.05, 0.1) is 23.7 Å². The Hall–Kier alpha value is -4.38. The van der Waals surface area contributed by atoms with Crippen molar-refractivity contribution in [2.24, 2.45) is 0 Å². The number of halogens is 3. The van der Waals surface area contributed by atoms with E-state index >= 15 is 0 Å². The minimum atomic E-state index is -0.430. The van der Waals surface area contributed by atoms with Crippen LogP contribution in [0.15, 0.2) is 82.5 Å². The molecule has 13 heteroatoms. The Morgan fingerprint density at radius 3 is 2.34 bits per heavy atom. The number of aromatic nitrogens is 2. The molecule has 0 spiro atoms. The van der Waals surface area contributed by atoms with E-state index in [9.17, 15) is 19.8 Å². The third-order valence-corrected chi connectivity index (χ3v) is 7.03. The monoisotopic (exact) mass is 659 g/mol. The van der Waals surface area contributed by atoms with Crippen LogP contribution < -0.4 is 14.9 Å². The second-order valence-electron chi connectivity index (χ2n) is 9.28. The van der Waals surface area contributed by atoms with E-state index in [0.29, 0.717) is 39.7 Å². The number of nitrogens with zero attached hydrogens (tertiary/aromatic N) is 3. The summed E-state index contributed by atoms with van der Waals surface area (Å²) in [6.45, 7) is 3.28. The average molecular weight is 661 g/mol. The third kappa shape index (κ3) is 7.57. The third-order valence-electron chi connectivity index (χ3n) is 6.25. The molecule has 230 valence electrons. The Morgan fingerprint density at radius 1 is 1.02 bits per heavy atom. The zero-order valence-corrected chi connectivity index (χ0v) is 25.9. The topological polar surface area (TPSA) is 127 Å². The van der Waals surface area contributed by atoms with E-state index < -0.39 is 11.2 Å². The molecule has 2 aromatic heterocycles. The van der Waals surface area contributed by atoms with Crippen LogP contribution in [0.1, 0.15) is 13.3 Å². The molecule has 2 heterocycles. The number of amides is 1. The number of hydrogen-bond donors (Lipinski definition) is 2. The quantitative estimate of drug-likeness (QED) is 0.175. The first-order valence-electron chi connectivity index (χ1n) is 13.3. The first-order valence-corrected chi connectivity index (χ1v) is 14.4. The lowest BCUT2D eigenvalue weighted by Gasteiger charge is -2.22. The largest absolute Gasteiger partial charge is 0.504 e. The molecule has 0 bridgehead atoms. The molecule has 5 aromatic rings.